The van der Waals surface area contributed by atoms with Gasteiger partial charge in [0.15, 0.2) is 0 Å². The number of fused-ring (bicyclic) bond motifs is 2. The SMILES string of the molecule is CCCN1CCC[C@@H]2c3cc(Br)cc4c3c(c(C)n4NC=O)C[C@H]21. The van der Waals surface area contributed by atoms with Crippen LogP contribution in [0.1, 0.15) is 48.9 Å². The second kappa shape index (κ2) is 6.19. The van der Waals surface area contributed by atoms with Crippen molar-refractivity contribution in [3.05, 3.63) is 33.4 Å². The van der Waals surface area contributed by atoms with Crippen molar-refractivity contribution < 1.29 is 4.79 Å². The molecule has 1 aliphatic heterocycles. The maximum atomic E-state index is 11.1. The normalized spacial score (nSPS) is 23.3. The van der Waals surface area contributed by atoms with Crippen LogP contribution >= 0.6 is 15.9 Å². The third-order valence-electron chi connectivity index (χ3n) is 5.83. The van der Waals surface area contributed by atoms with Crippen LogP contribution in [0.5, 0.6) is 0 Å². The van der Waals surface area contributed by atoms with Crippen LogP contribution in [0.2, 0.25) is 0 Å². The molecule has 1 amide bonds. The maximum absolute atomic E-state index is 11.1. The summed E-state index contributed by atoms with van der Waals surface area (Å²) in [5.41, 5.74) is 8.02. The second-order valence-electron chi connectivity index (χ2n) is 7.09. The average molecular weight is 390 g/mol. The molecule has 24 heavy (non-hydrogen) atoms. The molecule has 0 saturated carbocycles. The average Bonchev–Trinajstić information content (AvgIpc) is 2.82. The van der Waals surface area contributed by atoms with Gasteiger partial charge in [-0.25, -0.2) is 0 Å². The van der Waals surface area contributed by atoms with Crippen LogP contribution in [0.15, 0.2) is 16.6 Å². The molecule has 2 heterocycles. The number of benzene rings is 1. The molecule has 0 bridgehead atoms. The van der Waals surface area contributed by atoms with Crippen molar-refractivity contribution in [3.63, 3.8) is 0 Å². The number of carbonyl (C=O) groups excluding carboxylic acids is 1. The lowest BCUT2D eigenvalue weighted by molar-refractivity contribution is -0.106. The molecule has 4 rings (SSSR count). The van der Waals surface area contributed by atoms with E-state index in [0.29, 0.717) is 12.0 Å². The standard InChI is InChI=1S/C19H24BrN3O/c1-3-6-22-7-4-5-14-16-8-13(20)9-18-19(16)15(10-17(14)22)12(2)23(18)21-11-24/h8-9,11,14,17H,3-7,10H2,1-2H3,(H,21,24)/t14-,17-/m1/s1. The molecule has 2 aromatic rings. The van der Waals surface area contributed by atoms with Gasteiger partial charge in [0.1, 0.15) is 0 Å². The van der Waals surface area contributed by atoms with E-state index >= 15 is 0 Å². The number of likely N-dealkylation sites (tertiary alicyclic amines) is 1. The van der Waals surface area contributed by atoms with Crippen LogP contribution < -0.4 is 5.43 Å². The van der Waals surface area contributed by atoms with Crippen molar-refractivity contribution in [2.45, 2.75) is 51.5 Å². The first-order valence-corrected chi connectivity index (χ1v) is 9.72. The molecule has 4 nitrogen and oxygen atoms in total. The first-order valence-electron chi connectivity index (χ1n) is 8.93. The Morgan fingerprint density at radius 2 is 2.25 bits per heavy atom. The van der Waals surface area contributed by atoms with Gasteiger partial charge in [-0.1, -0.05) is 22.9 Å². The molecule has 1 fully saturated rings. The first kappa shape index (κ1) is 16.2. The minimum absolute atomic E-state index is 0.592. The van der Waals surface area contributed by atoms with Crippen LogP contribution in [-0.4, -0.2) is 35.1 Å². The first-order chi connectivity index (χ1) is 11.7. The van der Waals surface area contributed by atoms with E-state index < -0.39 is 0 Å². The van der Waals surface area contributed by atoms with Crippen molar-refractivity contribution in [2.24, 2.45) is 0 Å². The molecule has 1 aromatic carbocycles. The summed E-state index contributed by atoms with van der Waals surface area (Å²) in [6.07, 6.45) is 5.61. The predicted octanol–water partition coefficient (Wildman–Crippen LogP) is 3.93. The third-order valence-corrected chi connectivity index (χ3v) is 6.28. The van der Waals surface area contributed by atoms with Gasteiger partial charge < -0.3 is 0 Å². The number of rotatable bonds is 4. The summed E-state index contributed by atoms with van der Waals surface area (Å²) in [6.45, 7) is 6.79. The Balaban J connectivity index is 1.92. The molecule has 128 valence electrons. The second-order valence-corrected chi connectivity index (χ2v) is 8.01. The summed E-state index contributed by atoms with van der Waals surface area (Å²) in [4.78, 5) is 13.8. The van der Waals surface area contributed by atoms with Crippen molar-refractivity contribution >= 4 is 33.2 Å². The Bertz CT molecular complexity index is 796. The molecular weight excluding hydrogens is 366 g/mol. The lowest BCUT2D eigenvalue weighted by Gasteiger charge is -2.44. The van der Waals surface area contributed by atoms with Crippen LogP contribution in [-0.2, 0) is 11.2 Å². The molecule has 1 aromatic heterocycles. The number of piperidine rings is 1. The van der Waals surface area contributed by atoms with Gasteiger partial charge in [0, 0.05) is 27.5 Å². The van der Waals surface area contributed by atoms with Gasteiger partial charge in [-0.15, -0.1) is 0 Å². The summed E-state index contributed by atoms with van der Waals surface area (Å²) in [5.74, 6) is 0.601. The third kappa shape index (κ3) is 2.32. The highest BCUT2D eigenvalue weighted by Gasteiger charge is 2.38. The van der Waals surface area contributed by atoms with Crippen molar-refractivity contribution in [1.29, 1.82) is 0 Å². The van der Waals surface area contributed by atoms with Gasteiger partial charge in [0.25, 0.3) is 0 Å². The molecule has 5 heteroatoms. The molecular formula is C19H24BrN3O. The van der Waals surface area contributed by atoms with Crippen LogP contribution in [0.25, 0.3) is 10.9 Å². The Morgan fingerprint density at radius 3 is 3.00 bits per heavy atom. The Kier molecular flexibility index (Phi) is 4.17. The van der Waals surface area contributed by atoms with E-state index in [1.54, 1.807) is 0 Å². The molecule has 2 atom stereocenters. The number of halogens is 1. The fraction of sp³-hybridized carbons (Fsp3) is 0.526. The van der Waals surface area contributed by atoms with E-state index in [1.807, 2.05) is 4.68 Å². The molecule has 1 saturated heterocycles. The van der Waals surface area contributed by atoms with E-state index in [4.69, 9.17) is 0 Å². The van der Waals surface area contributed by atoms with Crippen LogP contribution in [0.3, 0.4) is 0 Å². The quantitative estimate of drug-likeness (QED) is 0.804. The Labute approximate surface area is 151 Å². The van der Waals surface area contributed by atoms with Gasteiger partial charge in [0.2, 0.25) is 6.41 Å². The van der Waals surface area contributed by atoms with Gasteiger partial charge >= 0.3 is 0 Å². The highest BCUT2D eigenvalue weighted by atomic mass is 79.9. The molecule has 0 radical (unpaired) electrons. The van der Waals surface area contributed by atoms with Gasteiger partial charge in [-0.3, -0.25) is 19.8 Å². The number of hydrogen-bond donors (Lipinski definition) is 1. The van der Waals surface area contributed by atoms with E-state index in [-0.39, 0.29) is 0 Å². The maximum Gasteiger partial charge on any atom is 0.226 e. The van der Waals surface area contributed by atoms with Gasteiger partial charge in [0.05, 0.1) is 5.52 Å². The minimum Gasteiger partial charge on any atom is -0.299 e. The Hall–Kier alpha value is -1.33. The molecule has 0 spiro atoms. The van der Waals surface area contributed by atoms with Crippen molar-refractivity contribution in [2.75, 3.05) is 18.5 Å². The number of hydrogen-bond acceptors (Lipinski definition) is 2. The largest absolute Gasteiger partial charge is 0.299 e. The number of nitrogens with zero attached hydrogens (tertiary/aromatic N) is 2. The van der Waals surface area contributed by atoms with Crippen LogP contribution in [0.4, 0.5) is 0 Å². The fourth-order valence-electron chi connectivity index (χ4n) is 4.91. The summed E-state index contributed by atoms with van der Waals surface area (Å²) in [7, 11) is 0. The topological polar surface area (TPSA) is 37.3 Å². The summed E-state index contributed by atoms with van der Waals surface area (Å²) in [6, 6.07) is 5.02. The Morgan fingerprint density at radius 1 is 1.42 bits per heavy atom. The van der Waals surface area contributed by atoms with Crippen LogP contribution in [0, 0.1) is 6.92 Å². The molecule has 1 aliphatic carbocycles. The number of amides is 1. The van der Waals surface area contributed by atoms with E-state index in [0.717, 1.165) is 28.5 Å². The summed E-state index contributed by atoms with van der Waals surface area (Å²) >= 11 is 3.69. The summed E-state index contributed by atoms with van der Waals surface area (Å²) < 4.78 is 3.05. The molecule has 0 unspecified atom stereocenters. The van der Waals surface area contributed by atoms with Gasteiger partial charge in [-0.05, 0) is 69.0 Å². The number of nitrogens with one attached hydrogen (secondary N) is 1. The predicted molar refractivity (Wildman–Crippen MR) is 101 cm³/mol. The minimum atomic E-state index is 0.592. The van der Waals surface area contributed by atoms with Gasteiger partial charge in [-0.2, -0.15) is 0 Å². The fourth-order valence-corrected chi connectivity index (χ4v) is 5.37. The molecule has 2 aliphatic rings. The van der Waals surface area contributed by atoms with E-state index in [1.165, 1.54) is 48.9 Å². The lowest BCUT2D eigenvalue weighted by Crippen LogP contribution is -2.47. The zero-order chi connectivity index (χ0) is 16.8. The smallest absolute Gasteiger partial charge is 0.226 e. The molecule has 1 N–H and O–H groups in total. The van der Waals surface area contributed by atoms with E-state index in [9.17, 15) is 4.79 Å². The highest BCUT2D eigenvalue weighted by Crippen LogP contribution is 2.46. The number of carbonyl (C=O) groups is 1. The number of aromatic nitrogens is 1. The monoisotopic (exact) mass is 389 g/mol. The highest BCUT2D eigenvalue weighted by molar-refractivity contribution is 9.10. The van der Waals surface area contributed by atoms with Crippen molar-refractivity contribution in [1.82, 2.24) is 9.58 Å². The zero-order valence-electron chi connectivity index (χ0n) is 14.3. The van der Waals surface area contributed by atoms with E-state index in [2.05, 4.69) is 52.2 Å². The lowest BCUT2D eigenvalue weighted by atomic mass is 9.74. The van der Waals surface area contributed by atoms with Crippen molar-refractivity contribution in [3.8, 4) is 0 Å². The zero-order valence-corrected chi connectivity index (χ0v) is 15.9. The summed E-state index contributed by atoms with van der Waals surface area (Å²) in [5, 5.41) is 1.37.